The summed E-state index contributed by atoms with van der Waals surface area (Å²) in [5.74, 6) is 0. The van der Waals surface area contributed by atoms with Crippen LogP contribution >= 0.6 is 23.4 Å². The van der Waals surface area contributed by atoms with Crippen molar-refractivity contribution in [3.8, 4) is 0 Å². The smallest absolute Gasteiger partial charge is 0.0548 e. The zero-order chi connectivity index (χ0) is 14.6. The first-order chi connectivity index (χ1) is 9.44. The van der Waals surface area contributed by atoms with E-state index in [1.54, 1.807) is 11.8 Å². The molecule has 0 unspecified atom stereocenters. The molecular weight excluding hydrogens is 286 g/mol. The molecule has 0 saturated carbocycles. The van der Waals surface area contributed by atoms with E-state index in [0.29, 0.717) is 0 Å². The molecular formula is C17H20ClNS. The summed E-state index contributed by atoms with van der Waals surface area (Å²) in [7, 11) is 0. The monoisotopic (exact) mass is 305 g/mol. The van der Waals surface area contributed by atoms with Gasteiger partial charge >= 0.3 is 0 Å². The molecule has 20 heavy (non-hydrogen) atoms. The first-order valence-corrected chi connectivity index (χ1v) is 7.90. The lowest BCUT2D eigenvalue weighted by Gasteiger charge is -2.20. The Hall–Kier alpha value is -0.960. The fourth-order valence-corrected chi connectivity index (χ4v) is 2.88. The predicted molar refractivity (Wildman–Crippen MR) is 88.6 cm³/mol. The van der Waals surface area contributed by atoms with E-state index in [0.717, 1.165) is 16.5 Å². The Bertz CT molecular complexity index is 561. The van der Waals surface area contributed by atoms with E-state index in [2.05, 4.69) is 50.4 Å². The Labute approximate surface area is 130 Å². The molecule has 0 aromatic heterocycles. The summed E-state index contributed by atoms with van der Waals surface area (Å²) in [6.45, 7) is 7.32. The van der Waals surface area contributed by atoms with Crippen LogP contribution in [0.15, 0.2) is 58.3 Å². The second-order valence-electron chi connectivity index (χ2n) is 5.78. The Morgan fingerprint density at radius 2 is 1.75 bits per heavy atom. The molecule has 0 radical (unpaired) electrons. The first kappa shape index (κ1) is 15.4. The number of hydrogen-bond acceptors (Lipinski definition) is 2. The molecule has 2 rings (SSSR count). The second kappa shape index (κ2) is 6.66. The standard InChI is InChI=1S/C17H20ClNS/c1-17(2,3)19-12-13-9-10-16(15(18)11-13)20-14-7-5-4-6-8-14/h4-11,19H,12H2,1-3H3. The van der Waals surface area contributed by atoms with Crippen LogP contribution in [0.1, 0.15) is 26.3 Å². The molecule has 2 aromatic carbocycles. The van der Waals surface area contributed by atoms with Crippen LogP contribution in [-0.2, 0) is 6.54 Å². The van der Waals surface area contributed by atoms with Gasteiger partial charge in [-0.05, 0) is 50.6 Å². The lowest BCUT2D eigenvalue weighted by Crippen LogP contribution is -2.35. The minimum Gasteiger partial charge on any atom is -0.308 e. The third-order valence-electron chi connectivity index (χ3n) is 2.79. The van der Waals surface area contributed by atoms with Crippen molar-refractivity contribution in [2.45, 2.75) is 42.6 Å². The topological polar surface area (TPSA) is 12.0 Å². The van der Waals surface area contributed by atoms with E-state index in [4.69, 9.17) is 11.6 Å². The van der Waals surface area contributed by atoms with E-state index < -0.39 is 0 Å². The molecule has 0 saturated heterocycles. The Balaban J connectivity index is 2.06. The summed E-state index contributed by atoms with van der Waals surface area (Å²) in [5, 5.41) is 4.28. The summed E-state index contributed by atoms with van der Waals surface area (Å²) < 4.78 is 0. The molecule has 106 valence electrons. The Kier molecular flexibility index (Phi) is 5.14. The van der Waals surface area contributed by atoms with Gasteiger partial charge in [0.05, 0.1) is 5.02 Å². The van der Waals surface area contributed by atoms with E-state index >= 15 is 0 Å². The Morgan fingerprint density at radius 1 is 1.05 bits per heavy atom. The summed E-state index contributed by atoms with van der Waals surface area (Å²) in [6, 6.07) is 16.6. The maximum atomic E-state index is 6.38. The van der Waals surface area contributed by atoms with Crippen molar-refractivity contribution in [1.29, 1.82) is 0 Å². The molecule has 3 heteroatoms. The van der Waals surface area contributed by atoms with Crippen molar-refractivity contribution in [3.63, 3.8) is 0 Å². The van der Waals surface area contributed by atoms with Crippen molar-refractivity contribution in [3.05, 3.63) is 59.1 Å². The number of benzene rings is 2. The highest BCUT2D eigenvalue weighted by Gasteiger charge is 2.09. The molecule has 1 nitrogen and oxygen atoms in total. The second-order valence-corrected chi connectivity index (χ2v) is 7.31. The fraction of sp³-hybridized carbons (Fsp3) is 0.294. The van der Waals surface area contributed by atoms with Crippen molar-refractivity contribution in [2.24, 2.45) is 0 Å². The maximum absolute atomic E-state index is 6.38. The quantitative estimate of drug-likeness (QED) is 0.814. The van der Waals surface area contributed by atoms with Crippen LogP contribution in [0.25, 0.3) is 0 Å². The number of nitrogens with one attached hydrogen (secondary N) is 1. The zero-order valence-corrected chi connectivity index (χ0v) is 13.7. The average Bonchev–Trinajstić information content (AvgIpc) is 2.40. The summed E-state index contributed by atoms with van der Waals surface area (Å²) in [5.41, 5.74) is 1.33. The zero-order valence-electron chi connectivity index (χ0n) is 12.1. The van der Waals surface area contributed by atoms with Gasteiger partial charge < -0.3 is 5.32 Å². The van der Waals surface area contributed by atoms with Gasteiger partial charge in [-0.15, -0.1) is 0 Å². The molecule has 0 spiro atoms. The third kappa shape index (κ3) is 4.86. The number of halogens is 1. The molecule has 0 aliphatic heterocycles. The predicted octanol–water partition coefficient (Wildman–Crippen LogP) is 5.38. The molecule has 0 aliphatic carbocycles. The lowest BCUT2D eigenvalue weighted by molar-refractivity contribution is 0.424. The average molecular weight is 306 g/mol. The summed E-state index contributed by atoms with van der Waals surface area (Å²) in [6.07, 6.45) is 0. The van der Waals surface area contributed by atoms with Crippen molar-refractivity contribution >= 4 is 23.4 Å². The van der Waals surface area contributed by atoms with Gasteiger partial charge in [0.2, 0.25) is 0 Å². The van der Waals surface area contributed by atoms with Gasteiger partial charge in [0.25, 0.3) is 0 Å². The van der Waals surface area contributed by atoms with Crippen LogP contribution in [0.4, 0.5) is 0 Å². The summed E-state index contributed by atoms with van der Waals surface area (Å²) in [4.78, 5) is 2.30. The van der Waals surface area contributed by atoms with Crippen molar-refractivity contribution < 1.29 is 0 Å². The highest BCUT2D eigenvalue weighted by atomic mass is 35.5. The summed E-state index contributed by atoms with van der Waals surface area (Å²) >= 11 is 8.07. The fourth-order valence-electron chi connectivity index (χ4n) is 1.72. The van der Waals surface area contributed by atoms with E-state index in [-0.39, 0.29) is 5.54 Å². The van der Waals surface area contributed by atoms with E-state index in [9.17, 15) is 0 Å². The van der Waals surface area contributed by atoms with E-state index in [1.165, 1.54) is 10.5 Å². The third-order valence-corrected chi connectivity index (χ3v) is 4.30. The maximum Gasteiger partial charge on any atom is 0.0548 e. The van der Waals surface area contributed by atoms with Gasteiger partial charge in [-0.3, -0.25) is 0 Å². The van der Waals surface area contributed by atoms with Crippen molar-refractivity contribution in [1.82, 2.24) is 5.32 Å². The lowest BCUT2D eigenvalue weighted by atomic mass is 10.1. The van der Waals surface area contributed by atoms with Gasteiger partial charge in [-0.2, -0.15) is 0 Å². The van der Waals surface area contributed by atoms with Crippen LogP contribution in [0, 0.1) is 0 Å². The number of rotatable bonds is 4. The van der Waals surface area contributed by atoms with Crippen molar-refractivity contribution in [2.75, 3.05) is 0 Å². The molecule has 0 fully saturated rings. The molecule has 1 N–H and O–H groups in total. The molecule has 0 atom stereocenters. The first-order valence-electron chi connectivity index (χ1n) is 6.70. The normalized spacial score (nSPS) is 11.6. The van der Waals surface area contributed by atoms with E-state index in [1.807, 2.05) is 24.3 Å². The molecule has 0 aliphatic rings. The number of hydrogen-bond donors (Lipinski definition) is 1. The van der Waals surface area contributed by atoms with Crippen LogP contribution in [0.2, 0.25) is 5.02 Å². The minimum atomic E-state index is 0.115. The molecule has 0 heterocycles. The van der Waals surface area contributed by atoms with Crippen LogP contribution in [0.5, 0.6) is 0 Å². The molecule has 2 aromatic rings. The highest BCUT2D eigenvalue weighted by molar-refractivity contribution is 7.99. The van der Waals surface area contributed by atoms with Gasteiger partial charge in [0, 0.05) is 21.9 Å². The molecule has 0 amide bonds. The van der Waals surface area contributed by atoms with Crippen LogP contribution in [-0.4, -0.2) is 5.54 Å². The highest BCUT2D eigenvalue weighted by Crippen LogP contribution is 2.33. The van der Waals surface area contributed by atoms with Gasteiger partial charge in [-0.25, -0.2) is 0 Å². The van der Waals surface area contributed by atoms with Gasteiger partial charge in [0.15, 0.2) is 0 Å². The minimum absolute atomic E-state index is 0.115. The van der Waals surface area contributed by atoms with Gasteiger partial charge in [-0.1, -0.05) is 47.6 Å². The van der Waals surface area contributed by atoms with Crippen LogP contribution in [0.3, 0.4) is 0 Å². The SMILES string of the molecule is CC(C)(C)NCc1ccc(Sc2ccccc2)c(Cl)c1. The molecule has 0 bridgehead atoms. The Morgan fingerprint density at radius 3 is 2.35 bits per heavy atom. The largest absolute Gasteiger partial charge is 0.308 e. The van der Waals surface area contributed by atoms with Crippen LogP contribution < -0.4 is 5.32 Å². The van der Waals surface area contributed by atoms with Gasteiger partial charge in [0.1, 0.15) is 0 Å².